The Bertz CT molecular complexity index is 881. The van der Waals surface area contributed by atoms with Crippen LogP contribution < -0.4 is 5.32 Å². The van der Waals surface area contributed by atoms with Gasteiger partial charge in [-0.2, -0.15) is 8.42 Å². The number of hydrogen-bond acceptors (Lipinski definition) is 6. The molecule has 4 rings (SSSR count). The molecular formula is C27H47NO7S. The number of aliphatic hydroxyl groups is 2. The average Bonchev–Trinajstić information content (AvgIpc) is 2.92. The lowest BCUT2D eigenvalue weighted by Crippen LogP contribution is -2.55. The van der Waals surface area contributed by atoms with Crippen molar-refractivity contribution in [2.45, 2.75) is 96.4 Å². The number of aliphatic hydroxyl groups excluding tert-OH is 2. The molecule has 0 aromatic rings. The van der Waals surface area contributed by atoms with Gasteiger partial charge in [0.05, 0.1) is 24.1 Å². The van der Waals surface area contributed by atoms with Crippen molar-refractivity contribution in [2.24, 2.45) is 46.8 Å². The Kier molecular flexibility index (Phi) is 8.77. The van der Waals surface area contributed by atoms with Gasteiger partial charge in [0.25, 0.3) is 10.1 Å². The molecule has 9 heteroatoms. The quantitative estimate of drug-likeness (QED) is 0.355. The summed E-state index contributed by atoms with van der Waals surface area (Å²) >= 11 is 0. The molecule has 1 unspecified atom stereocenters. The van der Waals surface area contributed by atoms with Gasteiger partial charge in [-0.05, 0) is 105 Å². The second-order valence-electron chi connectivity index (χ2n) is 12.7. The first-order valence-electron chi connectivity index (χ1n) is 14.0. The molecule has 2 bridgehead atoms. The third-order valence-corrected chi connectivity index (χ3v) is 11.6. The van der Waals surface area contributed by atoms with Crippen LogP contribution in [0, 0.1) is 46.8 Å². The molecule has 1 amide bonds. The fraction of sp³-hybridized carbons (Fsp3) is 0.963. The number of rotatable bonds is 8. The van der Waals surface area contributed by atoms with Crippen LogP contribution >= 0.6 is 0 Å². The van der Waals surface area contributed by atoms with Crippen LogP contribution in [-0.4, -0.2) is 66.8 Å². The first kappa shape index (κ1) is 28.3. The average molecular weight is 530 g/mol. The Labute approximate surface area is 216 Å². The summed E-state index contributed by atoms with van der Waals surface area (Å²) < 4.78 is 36.6. The van der Waals surface area contributed by atoms with Crippen LogP contribution in [0.15, 0.2) is 0 Å². The van der Waals surface area contributed by atoms with Gasteiger partial charge in [0.1, 0.15) is 0 Å². The maximum absolute atomic E-state index is 12.2. The van der Waals surface area contributed by atoms with E-state index in [-0.39, 0.29) is 48.0 Å². The SMILES string of the molecule is CO[C@@H]1C[C@@H]2C[C@H](O)CC[C@]2(C)[C@H]2C[C@H](O)[C@@H]3CC(CC[C@@H]3[C@H](C)CCC(=O)NCCS(=O)(=O)O)[C@H]12. The maximum atomic E-state index is 12.2. The van der Waals surface area contributed by atoms with Gasteiger partial charge in [-0.1, -0.05) is 13.8 Å². The number of fused-ring (bicyclic) bond motifs is 6. The van der Waals surface area contributed by atoms with Gasteiger partial charge in [-0.3, -0.25) is 9.35 Å². The van der Waals surface area contributed by atoms with Crippen LogP contribution in [0.1, 0.15) is 78.1 Å². The van der Waals surface area contributed by atoms with Crippen molar-refractivity contribution >= 4 is 16.0 Å². The summed E-state index contributed by atoms with van der Waals surface area (Å²) in [5.74, 6) is 2.02. The first-order valence-corrected chi connectivity index (χ1v) is 15.6. The van der Waals surface area contributed by atoms with E-state index in [1.165, 1.54) is 0 Å². The van der Waals surface area contributed by atoms with Crippen LogP contribution in [0.5, 0.6) is 0 Å². The number of carbonyl (C=O) groups is 1. The standard InChI is InChI=1S/C27H47NO7S/c1-16(4-7-25(31)28-10-11-36(32,33)34)20-6-5-17-12-21(20)23(30)15-22-26(17)24(35-3)14-18-13-19(29)8-9-27(18,22)2/h16-24,26,29-30H,4-15H2,1-3H3,(H,28,31)(H,32,33,34)/t16-,17?,18+,19-,20-,21-,22+,23+,24-,26+,27+/m1/s1. The van der Waals surface area contributed by atoms with Crippen molar-refractivity contribution in [3.8, 4) is 0 Å². The molecule has 0 aromatic heterocycles. The molecule has 0 spiro atoms. The Morgan fingerprint density at radius 3 is 2.58 bits per heavy atom. The molecule has 0 saturated heterocycles. The second kappa shape index (κ2) is 11.2. The van der Waals surface area contributed by atoms with Gasteiger partial charge in [0.2, 0.25) is 5.91 Å². The molecule has 0 radical (unpaired) electrons. The number of methoxy groups -OCH3 is 1. The van der Waals surface area contributed by atoms with Crippen molar-refractivity contribution in [3.05, 3.63) is 0 Å². The summed E-state index contributed by atoms with van der Waals surface area (Å²) in [4.78, 5) is 12.2. The molecule has 4 saturated carbocycles. The number of amides is 1. The zero-order chi connectivity index (χ0) is 26.3. The van der Waals surface area contributed by atoms with E-state index in [0.717, 1.165) is 51.4 Å². The monoisotopic (exact) mass is 529 g/mol. The van der Waals surface area contributed by atoms with E-state index in [0.29, 0.717) is 42.4 Å². The van der Waals surface area contributed by atoms with E-state index in [4.69, 9.17) is 9.29 Å². The highest BCUT2D eigenvalue weighted by molar-refractivity contribution is 7.85. The van der Waals surface area contributed by atoms with Gasteiger partial charge < -0.3 is 20.3 Å². The number of nitrogens with one attached hydrogen (secondary N) is 1. The Morgan fingerprint density at radius 1 is 1.14 bits per heavy atom. The predicted octanol–water partition coefficient (Wildman–Crippen LogP) is 3.02. The molecule has 0 heterocycles. The topological polar surface area (TPSA) is 133 Å². The van der Waals surface area contributed by atoms with E-state index in [1.807, 2.05) is 7.11 Å². The Hall–Kier alpha value is -0.740. The highest BCUT2D eigenvalue weighted by atomic mass is 32.2. The minimum absolute atomic E-state index is 0.0846. The number of carbonyl (C=O) groups excluding carboxylic acids is 1. The Morgan fingerprint density at radius 2 is 1.89 bits per heavy atom. The van der Waals surface area contributed by atoms with Crippen LogP contribution in [-0.2, 0) is 19.6 Å². The van der Waals surface area contributed by atoms with Gasteiger partial charge >= 0.3 is 0 Å². The molecule has 4 aliphatic carbocycles. The number of hydrogen-bond donors (Lipinski definition) is 4. The van der Waals surface area contributed by atoms with Gasteiger partial charge in [0.15, 0.2) is 0 Å². The minimum atomic E-state index is -4.08. The molecule has 4 aliphatic rings. The van der Waals surface area contributed by atoms with E-state index in [2.05, 4.69) is 19.2 Å². The van der Waals surface area contributed by atoms with Crippen LogP contribution in [0.3, 0.4) is 0 Å². The van der Waals surface area contributed by atoms with Crippen LogP contribution in [0.4, 0.5) is 0 Å². The third-order valence-electron chi connectivity index (χ3n) is 10.8. The van der Waals surface area contributed by atoms with Crippen LogP contribution in [0.2, 0.25) is 0 Å². The van der Waals surface area contributed by atoms with E-state index in [1.54, 1.807) is 0 Å². The predicted molar refractivity (Wildman–Crippen MR) is 137 cm³/mol. The first-order chi connectivity index (χ1) is 16.9. The molecule has 4 fully saturated rings. The fourth-order valence-electron chi connectivity index (χ4n) is 8.88. The molecule has 11 atom stereocenters. The van der Waals surface area contributed by atoms with Gasteiger partial charge in [-0.15, -0.1) is 0 Å². The van der Waals surface area contributed by atoms with E-state index in [9.17, 15) is 23.4 Å². The van der Waals surface area contributed by atoms with Gasteiger partial charge in [-0.25, -0.2) is 0 Å². The lowest BCUT2D eigenvalue weighted by molar-refractivity contribution is -0.149. The maximum Gasteiger partial charge on any atom is 0.266 e. The molecule has 36 heavy (non-hydrogen) atoms. The normalized spacial score (nSPS) is 43.6. The molecule has 0 aliphatic heterocycles. The van der Waals surface area contributed by atoms with Crippen molar-refractivity contribution < 1.29 is 32.7 Å². The zero-order valence-corrected chi connectivity index (χ0v) is 23.0. The van der Waals surface area contributed by atoms with Crippen molar-refractivity contribution in [1.29, 1.82) is 0 Å². The summed E-state index contributed by atoms with van der Waals surface area (Å²) in [5.41, 5.74) is 0.138. The fourth-order valence-corrected chi connectivity index (χ4v) is 9.24. The lowest BCUT2D eigenvalue weighted by atomic mass is 9.49. The number of ether oxygens (including phenoxy) is 1. The third kappa shape index (κ3) is 5.95. The smallest absolute Gasteiger partial charge is 0.266 e. The molecule has 0 aromatic carbocycles. The summed E-state index contributed by atoms with van der Waals surface area (Å²) in [6.07, 6.45) is 8.34. The van der Waals surface area contributed by atoms with Crippen molar-refractivity contribution in [1.82, 2.24) is 5.32 Å². The second-order valence-corrected chi connectivity index (χ2v) is 14.3. The molecular weight excluding hydrogens is 482 g/mol. The summed E-state index contributed by atoms with van der Waals surface area (Å²) in [5, 5.41) is 24.6. The van der Waals surface area contributed by atoms with E-state index < -0.39 is 15.9 Å². The largest absolute Gasteiger partial charge is 0.393 e. The van der Waals surface area contributed by atoms with Gasteiger partial charge in [0, 0.05) is 20.1 Å². The molecule has 208 valence electrons. The van der Waals surface area contributed by atoms with E-state index >= 15 is 0 Å². The summed E-state index contributed by atoms with van der Waals surface area (Å²) in [7, 11) is -2.25. The minimum Gasteiger partial charge on any atom is -0.393 e. The molecule has 8 nitrogen and oxygen atoms in total. The lowest BCUT2D eigenvalue weighted by Gasteiger charge is -2.58. The van der Waals surface area contributed by atoms with Crippen molar-refractivity contribution in [2.75, 3.05) is 19.4 Å². The van der Waals surface area contributed by atoms with Crippen LogP contribution in [0.25, 0.3) is 0 Å². The highest BCUT2D eigenvalue weighted by Crippen LogP contribution is 2.62. The van der Waals surface area contributed by atoms with Crippen molar-refractivity contribution in [3.63, 3.8) is 0 Å². The zero-order valence-electron chi connectivity index (χ0n) is 22.1. The highest BCUT2D eigenvalue weighted by Gasteiger charge is 2.58. The Balaban J connectivity index is 1.42. The summed E-state index contributed by atoms with van der Waals surface area (Å²) in [6, 6.07) is 0. The molecule has 4 N–H and O–H groups in total. The summed E-state index contributed by atoms with van der Waals surface area (Å²) in [6.45, 7) is 4.51.